The molecular weight excluding hydrogens is 188 g/mol. The molecule has 0 radical (unpaired) electrons. The van der Waals surface area contributed by atoms with Gasteiger partial charge in [-0.3, -0.25) is 4.90 Å². The summed E-state index contributed by atoms with van der Waals surface area (Å²) in [6, 6.07) is 0.685. The van der Waals surface area contributed by atoms with Gasteiger partial charge in [0, 0.05) is 24.7 Å². The average molecular weight is 214 g/mol. The van der Waals surface area contributed by atoms with Crippen molar-refractivity contribution < 1.29 is 5.11 Å². The highest BCUT2D eigenvalue weighted by Gasteiger charge is 2.34. The standard InChI is InChI=1S/C12H26N2O/c1-8-5-9(2)11(4)14(6-8)12(7-15)10(3)13/h8-12,15H,5-7,13H2,1-4H3. The summed E-state index contributed by atoms with van der Waals surface area (Å²) in [7, 11) is 0. The van der Waals surface area contributed by atoms with Crippen LogP contribution < -0.4 is 5.73 Å². The van der Waals surface area contributed by atoms with Crippen LogP contribution >= 0.6 is 0 Å². The molecule has 0 amide bonds. The number of nitrogens with two attached hydrogens (primary N) is 1. The van der Waals surface area contributed by atoms with Crippen molar-refractivity contribution in [3.63, 3.8) is 0 Å². The highest BCUT2D eigenvalue weighted by Crippen LogP contribution is 2.28. The maximum absolute atomic E-state index is 9.42. The number of hydrogen-bond donors (Lipinski definition) is 2. The Labute approximate surface area is 93.6 Å². The number of aliphatic hydroxyl groups is 1. The molecule has 5 atom stereocenters. The Morgan fingerprint density at radius 1 is 1.40 bits per heavy atom. The fourth-order valence-electron chi connectivity index (χ4n) is 2.77. The van der Waals surface area contributed by atoms with E-state index in [1.54, 1.807) is 0 Å². The molecule has 3 N–H and O–H groups in total. The summed E-state index contributed by atoms with van der Waals surface area (Å²) < 4.78 is 0. The van der Waals surface area contributed by atoms with Crippen LogP contribution in [-0.4, -0.2) is 41.3 Å². The van der Waals surface area contributed by atoms with Crippen molar-refractivity contribution in [2.75, 3.05) is 13.2 Å². The van der Waals surface area contributed by atoms with Crippen LogP contribution in [0.3, 0.4) is 0 Å². The predicted octanol–water partition coefficient (Wildman–Crippen LogP) is 1.06. The lowest BCUT2D eigenvalue weighted by atomic mass is 9.84. The molecule has 0 saturated carbocycles. The molecule has 1 rings (SSSR count). The summed E-state index contributed by atoms with van der Waals surface area (Å²) in [5.41, 5.74) is 5.93. The molecule has 5 unspecified atom stereocenters. The maximum atomic E-state index is 9.42. The zero-order chi connectivity index (χ0) is 11.6. The molecule has 3 nitrogen and oxygen atoms in total. The summed E-state index contributed by atoms with van der Waals surface area (Å²) in [4.78, 5) is 2.39. The summed E-state index contributed by atoms with van der Waals surface area (Å²) >= 11 is 0. The van der Waals surface area contributed by atoms with E-state index in [0.717, 1.165) is 6.54 Å². The number of nitrogens with zero attached hydrogens (tertiary/aromatic N) is 1. The predicted molar refractivity (Wildman–Crippen MR) is 63.6 cm³/mol. The van der Waals surface area contributed by atoms with Crippen molar-refractivity contribution in [1.29, 1.82) is 0 Å². The van der Waals surface area contributed by atoms with Gasteiger partial charge in [-0.05, 0) is 32.1 Å². The van der Waals surface area contributed by atoms with Crippen molar-refractivity contribution in [3.05, 3.63) is 0 Å². The van der Waals surface area contributed by atoms with Crippen molar-refractivity contribution in [2.24, 2.45) is 17.6 Å². The van der Waals surface area contributed by atoms with Gasteiger partial charge >= 0.3 is 0 Å². The third kappa shape index (κ3) is 2.92. The van der Waals surface area contributed by atoms with E-state index in [2.05, 4.69) is 25.7 Å². The van der Waals surface area contributed by atoms with E-state index < -0.39 is 0 Å². The van der Waals surface area contributed by atoms with E-state index in [-0.39, 0.29) is 18.7 Å². The zero-order valence-electron chi connectivity index (χ0n) is 10.5. The Morgan fingerprint density at radius 3 is 2.47 bits per heavy atom. The van der Waals surface area contributed by atoms with Crippen LogP contribution in [0.2, 0.25) is 0 Å². The number of hydrogen-bond acceptors (Lipinski definition) is 3. The van der Waals surface area contributed by atoms with Crippen molar-refractivity contribution >= 4 is 0 Å². The van der Waals surface area contributed by atoms with Gasteiger partial charge in [-0.15, -0.1) is 0 Å². The molecule has 0 bridgehead atoms. The topological polar surface area (TPSA) is 49.5 Å². The zero-order valence-corrected chi connectivity index (χ0v) is 10.5. The van der Waals surface area contributed by atoms with E-state index in [1.807, 2.05) is 6.92 Å². The smallest absolute Gasteiger partial charge is 0.0601 e. The first-order valence-electron chi connectivity index (χ1n) is 6.09. The first-order valence-corrected chi connectivity index (χ1v) is 6.09. The number of rotatable bonds is 3. The first-order chi connectivity index (χ1) is 6.97. The molecule has 0 aromatic heterocycles. The van der Waals surface area contributed by atoms with Crippen LogP contribution in [0.15, 0.2) is 0 Å². The molecule has 1 fully saturated rings. The Hall–Kier alpha value is -0.120. The lowest BCUT2D eigenvalue weighted by Gasteiger charge is -2.46. The molecule has 1 aliphatic rings. The van der Waals surface area contributed by atoms with Gasteiger partial charge in [0.1, 0.15) is 0 Å². The quantitative estimate of drug-likeness (QED) is 0.738. The minimum absolute atomic E-state index is 0.0370. The fourth-order valence-corrected chi connectivity index (χ4v) is 2.77. The second kappa shape index (κ2) is 5.28. The first kappa shape index (κ1) is 12.9. The Morgan fingerprint density at radius 2 is 2.00 bits per heavy atom. The van der Waals surface area contributed by atoms with Crippen LogP contribution in [-0.2, 0) is 0 Å². The highest BCUT2D eigenvalue weighted by molar-refractivity contribution is 4.89. The van der Waals surface area contributed by atoms with Crippen molar-refractivity contribution in [3.8, 4) is 0 Å². The Balaban J connectivity index is 2.72. The fraction of sp³-hybridized carbons (Fsp3) is 1.00. The molecule has 1 heterocycles. The summed E-state index contributed by atoms with van der Waals surface area (Å²) in [6.07, 6.45) is 1.29. The number of likely N-dealkylation sites (tertiary alicyclic amines) is 1. The SMILES string of the molecule is CC1CC(C)C(C)N(C(CO)C(C)N)C1. The van der Waals surface area contributed by atoms with E-state index in [1.165, 1.54) is 6.42 Å². The van der Waals surface area contributed by atoms with Crippen LogP contribution in [0.4, 0.5) is 0 Å². The lowest BCUT2D eigenvalue weighted by molar-refractivity contribution is 0.00864. The normalized spacial score (nSPS) is 37.6. The van der Waals surface area contributed by atoms with Gasteiger partial charge in [-0.25, -0.2) is 0 Å². The summed E-state index contributed by atoms with van der Waals surface area (Å²) in [6.45, 7) is 10.0. The average Bonchev–Trinajstić information content (AvgIpc) is 2.13. The minimum atomic E-state index is 0.0370. The molecule has 15 heavy (non-hydrogen) atoms. The highest BCUT2D eigenvalue weighted by atomic mass is 16.3. The van der Waals surface area contributed by atoms with E-state index in [9.17, 15) is 5.11 Å². The van der Waals surface area contributed by atoms with Gasteiger partial charge in [-0.2, -0.15) is 0 Å². The van der Waals surface area contributed by atoms with Crippen LogP contribution in [0, 0.1) is 11.8 Å². The second-order valence-corrected chi connectivity index (χ2v) is 5.36. The number of aliphatic hydroxyl groups excluding tert-OH is 1. The third-order valence-corrected chi connectivity index (χ3v) is 3.86. The van der Waals surface area contributed by atoms with Crippen LogP contribution in [0.25, 0.3) is 0 Å². The molecule has 0 spiro atoms. The van der Waals surface area contributed by atoms with Gasteiger partial charge in [0.15, 0.2) is 0 Å². The third-order valence-electron chi connectivity index (χ3n) is 3.86. The van der Waals surface area contributed by atoms with Gasteiger partial charge in [0.05, 0.1) is 6.61 Å². The largest absolute Gasteiger partial charge is 0.395 e. The molecule has 90 valence electrons. The van der Waals surface area contributed by atoms with Crippen molar-refractivity contribution in [1.82, 2.24) is 4.90 Å². The molecule has 0 aromatic carbocycles. The van der Waals surface area contributed by atoms with Gasteiger partial charge in [-0.1, -0.05) is 13.8 Å². The van der Waals surface area contributed by atoms with Gasteiger partial charge in [0.25, 0.3) is 0 Å². The molecule has 3 heteroatoms. The molecular formula is C12H26N2O. The Bertz CT molecular complexity index is 196. The van der Waals surface area contributed by atoms with Crippen LogP contribution in [0.5, 0.6) is 0 Å². The van der Waals surface area contributed by atoms with E-state index in [4.69, 9.17) is 5.73 Å². The molecule has 0 aromatic rings. The molecule has 0 aliphatic carbocycles. The summed E-state index contributed by atoms with van der Waals surface area (Å²) in [5, 5.41) is 9.42. The maximum Gasteiger partial charge on any atom is 0.0601 e. The van der Waals surface area contributed by atoms with E-state index in [0.29, 0.717) is 17.9 Å². The van der Waals surface area contributed by atoms with E-state index >= 15 is 0 Å². The summed E-state index contributed by atoms with van der Waals surface area (Å²) in [5.74, 6) is 1.41. The second-order valence-electron chi connectivity index (χ2n) is 5.36. The molecule has 1 saturated heterocycles. The number of piperidine rings is 1. The lowest BCUT2D eigenvalue weighted by Crippen LogP contribution is -2.57. The van der Waals surface area contributed by atoms with Gasteiger partial charge < -0.3 is 10.8 Å². The monoisotopic (exact) mass is 214 g/mol. The molecule has 1 aliphatic heterocycles. The minimum Gasteiger partial charge on any atom is -0.395 e. The Kier molecular flexibility index (Phi) is 4.56. The van der Waals surface area contributed by atoms with Crippen LogP contribution in [0.1, 0.15) is 34.1 Å². The van der Waals surface area contributed by atoms with Crippen molar-refractivity contribution in [2.45, 2.75) is 52.2 Å². The van der Waals surface area contributed by atoms with Gasteiger partial charge in [0.2, 0.25) is 0 Å².